The van der Waals surface area contributed by atoms with E-state index in [9.17, 15) is 12.8 Å². The fourth-order valence-corrected chi connectivity index (χ4v) is 4.42. The monoisotopic (exact) mass is 377 g/mol. The maximum atomic E-state index is 13.5. The first-order valence-electron chi connectivity index (χ1n) is 7.47. The fraction of sp³-hybridized carbons (Fsp3) is 0.118. The minimum atomic E-state index is -3.78. The molecule has 0 spiro atoms. The van der Waals surface area contributed by atoms with Crippen LogP contribution in [0.3, 0.4) is 0 Å². The third-order valence-electron chi connectivity index (χ3n) is 4.33. The quantitative estimate of drug-likeness (QED) is 0.703. The van der Waals surface area contributed by atoms with E-state index in [2.05, 4.69) is 9.71 Å². The first kappa shape index (κ1) is 16.3. The summed E-state index contributed by atoms with van der Waals surface area (Å²) < 4.78 is 42.5. The number of nitrogens with one attached hydrogen (secondary N) is 1. The van der Waals surface area contributed by atoms with Gasteiger partial charge in [-0.05, 0) is 23.8 Å². The molecule has 0 bridgehead atoms. The Hall–Kier alpha value is -2.22. The van der Waals surface area contributed by atoms with Gasteiger partial charge in [0.2, 0.25) is 0 Å². The number of halogens is 2. The van der Waals surface area contributed by atoms with Gasteiger partial charge in [-0.25, -0.2) is 4.39 Å². The number of fused-ring (bicyclic) bond motifs is 3. The molecule has 8 heteroatoms. The molecular formula is C17H13ClFN3O2S. The van der Waals surface area contributed by atoms with Gasteiger partial charge in [-0.2, -0.15) is 12.7 Å². The number of hydrogen-bond acceptors (Lipinski definition) is 3. The molecule has 0 radical (unpaired) electrons. The van der Waals surface area contributed by atoms with Crippen LogP contribution >= 0.6 is 11.6 Å². The number of aromatic nitrogens is 1. The lowest BCUT2D eigenvalue weighted by Crippen LogP contribution is -2.40. The predicted octanol–water partition coefficient (Wildman–Crippen LogP) is 3.72. The molecular weight excluding hydrogens is 365 g/mol. The maximum Gasteiger partial charge on any atom is 0.302 e. The van der Waals surface area contributed by atoms with Crippen LogP contribution in [0.5, 0.6) is 0 Å². The van der Waals surface area contributed by atoms with Crippen molar-refractivity contribution in [1.29, 1.82) is 0 Å². The lowest BCUT2D eigenvalue weighted by Gasteiger charge is -2.35. The van der Waals surface area contributed by atoms with Crippen molar-refractivity contribution in [2.75, 3.05) is 11.8 Å². The number of benzene rings is 2. The van der Waals surface area contributed by atoms with Crippen molar-refractivity contribution < 1.29 is 12.8 Å². The highest BCUT2D eigenvalue weighted by Gasteiger charge is 2.37. The van der Waals surface area contributed by atoms with Crippen LogP contribution in [-0.4, -0.2) is 24.8 Å². The molecule has 1 aliphatic rings. The van der Waals surface area contributed by atoms with Gasteiger partial charge in [0, 0.05) is 24.2 Å². The minimum absolute atomic E-state index is 0.0534. The van der Waals surface area contributed by atoms with Crippen LogP contribution in [0.2, 0.25) is 5.02 Å². The Labute approximate surface area is 149 Å². The largest absolute Gasteiger partial charge is 0.302 e. The van der Waals surface area contributed by atoms with Crippen molar-refractivity contribution in [1.82, 2.24) is 9.29 Å². The van der Waals surface area contributed by atoms with Crippen molar-refractivity contribution in [2.24, 2.45) is 0 Å². The summed E-state index contributed by atoms with van der Waals surface area (Å²) in [5.74, 6) is -0.551. The van der Waals surface area contributed by atoms with Gasteiger partial charge in [0.1, 0.15) is 5.82 Å². The Morgan fingerprint density at radius 2 is 2.04 bits per heavy atom. The van der Waals surface area contributed by atoms with Crippen molar-refractivity contribution >= 4 is 38.4 Å². The summed E-state index contributed by atoms with van der Waals surface area (Å²) >= 11 is 5.90. The lowest BCUT2D eigenvalue weighted by atomic mass is 9.95. The average Bonchev–Trinajstić information content (AvgIpc) is 2.59. The highest BCUT2D eigenvalue weighted by atomic mass is 35.5. The molecule has 2 aromatic carbocycles. The Morgan fingerprint density at radius 3 is 2.80 bits per heavy atom. The molecule has 4 rings (SSSR count). The number of anilines is 1. The number of rotatable bonds is 1. The summed E-state index contributed by atoms with van der Waals surface area (Å²) in [6.45, 7) is 0. The Morgan fingerprint density at radius 1 is 1.24 bits per heavy atom. The van der Waals surface area contributed by atoms with Crippen LogP contribution in [-0.2, 0) is 10.2 Å². The molecule has 0 amide bonds. The van der Waals surface area contributed by atoms with E-state index in [1.165, 1.54) is 29.6 Å². The van der Waals surface area contributed by atoms with E-state index in [4.69, 9.17) is 11.6 Å². The van der Waals surface area contributed by atoms with E-state index < -0.39 is 22.1 Å². The smallest absolute Gasteiger partial charge is 0.268 e. The second-order valence-corrected chi connectivity index (χ2v) is 7.94. The highest BCUT2D eigenvalue weighted by Crippen LogP contribution is 2.42. The van der Waals surface area contributed by atoms with Crippen LogP contribution < -0.4 is 4.72 Å². The summed E-state index contributed by atoms with van der Waals surface area (Å²) in [5, 5.41) is 0.770. The predicted molar refractivity (Wildman–Crippen MR) is 95.3 cm³/mol. The molecule has 5 nitrogen and oxygen atoms in total. The van der Waals surface area contributed by atoms with Crippen LogP contribution in [0.25, 0.3) is 10.9 Å². The van der Waals surface area contributed by atoms with Crippen molar-refractivity contribution in [2.45, 2.75) is 6.04 Å². The van der Waals surface area contributed by atoms with Crippen LogP contribution in [0.15, 0.2) is 48.7 Å². The number of hydrogen-bond donors (Lipinski definition) is 1. The molecule has 0 aliphatic carbocycles. The zero-order valence-corrected chi connectivity index (χ0v) is 14.6. The van der Waals surface area contributed by atoms with Crippen LogP contribution in [0, 0.1) is 5.82 Å². The van der Waals surface area contributed by atoms with Crippen molar-refractivity contribution in [3.63, 3.8) is 0 Å². The Kier molecular flexibility index (Phi) is 3.68. The standard InChI is InChI=1S/C17H13ClFN3O2S/c1-22-17(11-5-7-14(19)13(18)9-11)12-6-4-10-3-2-8-20-15(10)16(12)21-25(22,23)24/h2-9,17,21H,1H3. The molecule has 1 atom stereocenters. The van der Waals surface area contributed by atoms with Crippen molar-refractivity contribution in [3.8, 4) is 0 Å². The van der Waals surface area contributed by atoms with Gasteiger partial charge in [0.05, 0.1) is 22.3 Å². The molecule has 1 N–H and O–H groups in total. The molecule has 1 unspecified atom stereocenters. The summed E-state index contributed by atoms with van der Waals surface area (Å²) in [7, 11) is -2.31. The van der Waals surface area contributed by atoms with Gasteiger partial charge in [0.15, 0.2) is 0 Å². The first-order valence-corrected chi connectivity index (χ1v) is 9.28. The molecule has 25 heavy (non-hydrogen) atoms. The molecule has 0 saturated carbocycles. The van der Waals surface area contributed by atoms with Crippen LogP contribution in [0.1, 0.15) is 17.2 Å². The second kappa shape index (κ2) is 5.66. The third kappa shape index (κ3) is 2.55. The third-order valence-corrected chi connectivity index (χ3v) is 6.06. The van der Waals surface area contributed by atoms with Gasteiger partial charge in [-0.3, -0.25) is 9.71 Å². The van der Waals surface area contributed by atoms with Gasteiger partial charge in [0.25, 0.3) is 0 Å². The van der Waals surface area contributed by atoms with Gasteiger partial charge in [-0.15, -0.1) is 0 Å². The normalized spacial score (nSPS) is 19.4. The zero-order valence-electron chi connectivity index (χ0n) is 13.1. The SMILES string of the molecule is CN1C(c2ccc(F)c(Cl)c2)c2ccc3cccnc3c2NS1(=O)=O. The second-order valence-electron chi connectivity index (χ2n) is 5.80. The topological polar surface area (TPSA) is 62.3 Å². The van der Waals surface area contributed by atoms with Gasteiger partial charge in [-0.1, -0.05) is 35.9 Å². The van der Waals surface area contributed by atoms with E-state index in [0.29, 0.717) is 16.8 Å². The van der Waals surface area contributed by atoms with E-state index in [1.54, 1.807) is 12.3 Å². The molecule has 3 aromatic rings. The summed E-state index contributed by atoms with van der Waals surface area (Å²) in [6, 6.07) is 11.0. The maximum absolute atomic E-state index is 13.5. The fourth-order valence-electron chi connectivity index (χ4n) is 3.10. The highest BCUT2D eigenvalue weighted by molar-refractivity contribution is 7.90. The molecule has 1 aliphatic heterocycles. The van der Waals surface area contributed by atoms with E-state index in [-0.39, 0.29) is 5.02 Å². The Bertz CT molecular complexity index is 1100. The molecule has 128 valence electrons. The summed E-state index contributed by atoms with van der Waals surface area (Å²) in [5.41, 5.74) is 2.30. The lowest BCUT2D eigenvalue weighted by molar-refractivity contribution is 0.416. The molecule has 0 fully saturated rings. The van der Waals surface area contributed by atoms with E-state index in [0.717, 1.165) is 10.9 Å². The number of pyridine rings is 1. The molecule has 2 heterocycles. The van der Waals surface area contributed by atoms with Gasteiger partial charge < -0.3 is 0 Å². The molecule has 0 saturated heterocycles. The van der Waals surface area contributed by atoms with Crippen LogP contribution in [0.4, 0.5) is 10.1 Å². The van der Waals surface area contributed by atoms with E-state index in [1.807, 2.05) is 18.2 Å². The summed E-state index contributed by atoms with van der Waals surface area (Å²) in [6.07, 6.45) is 1.61. The minimum Gasteiger partial charge on any atom is -0.268 e. The first-order chi connectivity index (χ1) is 11.9. The Balaban J connectivity index is 2.02. The van der Waals surface area contributed by atoms with Crippen molar-refractivity contribution in [3.05, 3.63) is 70.6 Å². The number of nitrogens with zero attached hydrogens (tertiary/aromatic N) is 2. The molecule has 1 aromatic heterocycles. The average molecular weight is 378 g/mol. The summed E-state index contributed by atoms with van der Waals surface area (Å²) in [4.78, 5) is 4.31. The van der Waals surface area contributed by atoms with Gasteiger partial charge >= 0.3 is 10.2 Å². The van der Waals surface area contributed by atoms with E-state index >= 15 is 0 Å². The zero-order chi connectivity index (χ0) is 17.8.